The molecular weight excluding hydrogens is 402 g/mol. The summed E-state index contributed by atoms with van der Waals surface area (Å²) in [6.07, 6.45) is 2.33. The van der Waals surface area contributed by atoms with Crippen LogP contribution in [0.2, 0.25) is 0 Å². The molecule has 1 aromatic carbocycles. The van der Waals surface area contributed by atoms with Gasteiger partial charge < -0.3 is 9.80 Å². The average Bonchev–Trinajstić information content (AvgIpc) is 3.29. The van der Waals surface area contributed by atoms with Crippen molar-refractivity contribution in [3.05, 3.63) is 47.8 Å². The third-order valence-electron chi connectivity index (χ3n) is 5.40. The summed E-state index contributed by atoms with van der Waals surface area (Å²) in [4.78, 5) is 18.2. The normalized spacial score (nSPS) is 17.0. The van der Waals surface area contributed by atoms with Gasteiger partial charge in [-0.15, -0.1) is 21.5 Å². The summed E-state index contributed by atoms with van der Waals surface area (Å²) in [6.45, 7) is 3.29. The number of para-hydroxylation sites is 1. The molecule has 3 aromatic rings. The van der Waals surface area contributed by atoms with Crippen LogP contribution in [-0.2, 0) is 4.79 Å². The van der Waals surface area contributed by atoms with Gasteiger partial charge in [0, 0.05) is 37.9 Å². The first-order valence-electron chi connectivity index (χ1n) is 9.99. The Kier molecular flexibility index (Phi) is 5.28. The monoisotopic (exact) mass is 425 g/mol. The first-order chi connectivity index (χ1) is 14.3. The number of rotatable bonds is 6. The van der Waals surface area contributed by atoms with Crippen LogP contribution in [0.1, 0.15) is 18.9 Å². The van der Waals surface area contributed by atoms with E-state index in [1.807, 2.05) is 17.0 Å². The molecule has 1 saturated heterocycles. The van der Waals surface area contributed by atoms with Crippen LogP contribution in [-0.4, -0.2) is 57.5 Å². The van der Waals surface area contributed by atoms with E-state index in [1.54, 1.807) is 11.3 Å². The highest BCUT2D eigenvalue weighted by molar-refractivity contribution is 7.99. The highest BCUT2D eigenvalue weighted by Gasteiger charge is 2.31. The van der Waals surface area contributed by atoms with Crippen LogP contribution < -0.4 is 4.90 Å². The number of hydrogen-bond acceptors (Lipinski definition) is 6. The van der Waals surface area contributed by atoms with Gasteiger partial charge in [0.05, 0.1) is 10.6 Å². The standard InChI is InChI=1S/C21H23N5OS2/c27-19(25-12-10-24(11-13-25)16-5-2-1-3-6-16)15-29-21-23-22-20(18-7-4-14-28-18)26(21)17-8-9-17/h1-7,14,17H,8-13,15H2. The maximum absolute atomic E-state index is 12.8. The van der Waals surface area contributed by atoms with Crippen molar-refractivity contribution >= 4 is 34.7 Å². The topological polar surface area (TPSA) is 54.3 Å². The molecule has 0 N–H and O–H groups in total. The molecule has 0 bridgehead atoms. The number of hydrogen-bond donors (Lipinski definition) is 0. The molecule has 6 nitrogen and oxygen atoms in total. The molecule has 150 valence electrons. The predicted octanol–water partition coefficient (Wildman–Crippen LogP) is 3.78. The summed E-state index contributed by atoms with van der Waals surface area (Å²) in [5, 5.41) is 11.8. The lowest BCUT2D eigenvalue weighted by Crippen LogP contribution is -2.49. The number of carbonyl (C=O) groups excluding carboxylic acids is 1. The Morgan fingerprint density at radius 3 is 2.52 bits per heavy atom. The summed E-state index contributed by atoms with van der Waals surface area (Å²) >= 11 is 3.20. The molecule has 1 saturated carbocycles. The maximum atomic E-state index is 12.8. The van der Waals surface area contributed by atoms with Gasteiger partial charge in [-0.3, -0.25) is 9.36 Å². The molecule has 5 rings (SSSR count). The van der Waals surface area contributed by atoms with Crippen molar-refractivity contribution in [2.45, 2.75) is 24.0 Å². The van der Waals surface area contributed by atoms with Crippen molar-refractivity contribution in [1.29, 1.82) is 0 Å². The molecule has 1 aliphatic heterocycles. The SMILES string of the molecule is O=C(CSc1nnc(-c2cccs2)n1C1CC1)N1CCN(c2ccccc2)CC1. The van der Waals surface area contributed by atoms with E-state index < -0.39 is 0 Å². The molecule has 2 aromatic heterocycles. The largest absolute Gasteiger partial charge is 0.368 e. The molecule has 0 radical (unpaired) electrons. The minimum Gasteiger partial charge on any atom is -0.368 e. The number of benzene rings is 1. The lowest BCUT2D eigenvalue weighted by molar-refractivity contribution is -0.128. The summed E-state index contributed by atoms with van der Waals surface area (Å²) in [5.74, 6) is 1.54. The highest BCUT2D eigenvalue weighted by Crippen LogP contribution is 2.41. The van der Waals surface area contributed by atoms with Crippen LogP contribution in [0.25, 0.3) is 10.7 Å². The van der Waals surface area contributed by atoms with Crippen molar-refractivity contribution < 1.29 is 4.79 Å². The van der Waals surface area contributed by atoms with E-state index in [-0.39, 0.29) is 5.91 Å². The van der Waals surface area contributed by atoms with Crippen molar-refractivity contribution in [3.8, 4) is 10.7 Å². The molecular formula is C21H23N5OS2. The zero-order chi connectivity index (χ0) is 19.6. The molecule has 8 heteroatoms. The number of thioether (sulfide) groups is 1. The third-order valence-corrected chi connectivity index (χ3v) is 7.19. The summed E-state index contributed by atoms with van der Waals surface area (Å²) < 4.78 is 2.23. The Hall–Kier alpha value is -2.32. The van der Waals surface area contributed by atoms with Crippen LogP contribution in [0.3, 0.4) is 0 Å². The number of piperazine rings is 1. The van der Waals surface area contributed by atoms with Gasteiger partial charge in [0.25, 0.3) is 0 Å². The second-order valence-corrected chi connectivity index (χ2v) is 9.27. The second kappa shape index (κ2) is 8.20. The number of thiophene rings is 1. The van der Waals surface area contributed by atoms with Gasteiger partial charge in [-0.1, -0.05) is 36.0 Å². The van der Waals surface area contributed by atoms with E-state index in [1.165, 1.54) is 30.3 Å². The van der Waals surface area contributed by atoms with E-state index in [9.17, 15) is 4.79 Å². The molecule has 1 aliphatic carbocycles. The lowest BCUT2D eigenvalue weighted by atomic mass is 10.2. The molecule has 3 heterocycles. The zero-order valence-corrected chi connectivity index (χ0v) is 17.7. The lowest BCUT2D eigenvalue weighted by Gasteiger charge is -2.36. The number of anilines is 1. The quantitative estimate of drug-likeness (QED) is 0.563. The third kappa shape index (κ3) is 4.04. The number of aromatic nitrogens is 3. The smallest absolute Gasteiger partial charge is 0.233 e. The van der Waals surface area contributed by atoms with Crippen LogP contribution in [0.15, 0.2) is 53.0 Å². The Balaban J connectivity index is 1.20. The van der Waals surface area contributed by atoms with Crippen molar-refractivity contribution in [3.63, 3.8) is 0 Å². The summed E-state index contributed by atoms with van der Waals surface area (Å²) in [6, 6.07) is 15.0. The van der Waals surface area contributed by atoms with E-state index in [2.05, 4.69) is 55.4 Å². The number of carbonyl (C=O) groups is 1. The van der Waals surface area contributed by atoms with Crippen LogP contribution in [0.5, 0.6) is 0 Å². The molecule has 2 fully saturated rings. The van der Waals surface area contributed by atoms with Crippen molar-refractivity contribution in [2.75, 3.05) is 36.8 Å². The van der Waals surface area contributed by atoms with Gasteiger partial charge in [-0.05, 0) is 36.4 Å². The maximum Gasteiger partial charge on any atom is 0.233 e. The fraction of sp³-hybridized carbons (Fsp3) is 0.381. The van der Waals surface area contributed by atoms with Gasteiger partial charge in [-0.25, -0.2) is 0 Å². The Bertz CT molecular complexity index is 960. The summed E-state index contributed by atoms with van der Waals surface area (Å²) in [7, 11) is 0. The van der Waals surface area contributed by atoms with Gasteiger partial charge in [0.15, 0.2) is 11.0 Å². The molecule has 0 spiro atoms. The minimum absolute atomic E-state index is 0.186. The first kappa shape index (κ1) is 18.7. The van der Waals surface area contributed by atoms with E-state index in [0.717, 1.165) is 42.0 Å². The second-order valence-electron chi connectivity index (χ2n) is 7.38. The Labute approximate surface area is 178 Å². The first-order valence-corrected chi connectivity index (χ1v) is 11.9. The molecule has 2 aliphatic rings. The Morgan fingerprint density at radius 2 is 1.83 bits per heavy atom. The van der Waals surface area contributed by atoms with E-state index in [4.69, 9.17) is 0 Å². The molecule has 0 unspecified atom stereocenters. The predicted molar refractivity (Wildman–Crippen MR) is 118 cm³/mol. The van der Waals surface area contributed by atoms with Crippen LogP contribution >= 0.6 is 23.1 Å². The molecule has 29 heavy (non-hydrogen) atoms. The fourth-order valence-electron chi connectivity index (χ4n) is 3.68. The molecule has 1 amide bonds. The highest BCUT2D eigenvalue weighted by atomic mass is 32.2. The van der Waals surface area contributed by atoms with Crippen LogP contribution in [0.4, 0.5) is 5.69 Å². The number of amides is 1. The Morgan fingerprint density at radius 1 is 1.03 bits per heavy atom. The van der Waals surface area contributed by atoms with Crippen molar-refractivity contribution in [1.82, 2.24) is 19.7 Å². The van der Waals surface area contributed by atoms with Gasteiger partial charge >= 0.3 is 0 Å². The van der Waals surface area contributed by atoms with Crippen molar-refractivity contribution in [2.24, 2.45) is 0 Å². The summed E-state index contributed by atoms with van der Waals surface area (Å²) in [5.41, 5.74) is 1.23. The van der Waals surface area contributed by atoms with Gasteiger partial charge in [0.1, 0.15) is 0 Å². The zero-order valence-electron chi connectivity index (χ0n) is 16.1. The van der Waals surface area contributed by atoms with E-state index >= 15 is 0 Å². The average molecular weight is 426 g/mol. The van der Waals surface area contributed by atoms with E-state index in [0.29, 0.717) is 11.8 Å². The van der Waals surface area contributed by atoms with Crippen LogP contribution in [0, 0.1) is 0 Å². The minimum atomic E-state index is 0.186. The molecule has 0 atom stereocenters. The van der Waals surface area contributed by atoms with Gasteiger partial charge in [-0.2, -0.15) is 0 Å². The number of nitrogens with zero attached hydrogens (tertiary/aromatic N) is 5. The van der Waals surface area contributed by atoms with Gasteiger partial charge in [0.2, 0.25) is 5.91 Å². The fourth-order valence-corrected chi connectivity index (χ4v) is 5.30.